The van der Waals surface area contributed by atoms with Crippen molar-refractivity contribution >= 4 is 51.3 Å². The number of halogens is 3. The van der Waals surface area contributed by atoms with E-state index in [4.69, 9.17) is 33.2 Å². The molecule has 0 N–H and O–H groups in total. The predicted molar refractivity (Wildman–Crippen MR) is 279 cm³/mol. The van der Waals surface area contributed by atoms with Crippen LogP contribution in [0.1, 0.15) is 96.0 Å². The van der Waals surface area contributed by atoms with Crippen LogP contribution in [0.5, 0.6) is 17.2 Å². The SMILES string of the molecule is C=C(C)C(=O)OCCCOc1ccc(CCOC(=O)c2ccc(-c3ccc(OC(=O)c4cc(F)c(OCCCCCCOCC5(CC)COC5)c(F)c4)cc3/C=N/N=C(\C)c3cc4ccccc4s3)c(F)c2)cc1. The van der Waals surface area contributed by atoms with E-state index < -0.39 is 46.7 Å². The summed E-state index contributed by atoms with van der Waals surface area (Å²) >= 11 is 1.55. The number of carbonyl (C=O) groups excluding carboxylic acids is 3. The smallest absolute Gasteiger partial charge is 0.343 e. The van der Waals surface area contributed by atoms with Gasteiger partial charge in [-0.1, -0.05) is 56.3 Å². The molecule has 0 spiro atoms. The Morgan fingerprint density at radius 3 is 2.12 bits per heavy atom. The van der Waals surface area contributed by atoms with E-state index >= 15 is 13.2 Å². The van der Waals surface area contributed by atoms with Gasteiger partial charge in [-0.25, -0.2) is 27.6 Å². The van der Waals surface area contributed by atoms with Gasteiger partial charge in [0.15, 0.2) is 17.4 Å². The Bertz CT molecular complexity index is 2920. The molecule has 388 valence electrons. The van der Waals surface area contributed by atoms with Crippen LogP contribution in [0.3, 0.4) is 0 Å². The van der Waals surface area contributed by atoms with Crippen molar-refractivity contribution in [1.29, 1.82) is 0 Å². The molecular formula is C58H59F3N2O10S. The fraction of sp³-hybridized carbons (Fsp3) is 0.328. The van der Waals surface area contributed by atoms with Crippen LogP contribution in [-0.2, 0) is 30.2 Å². The second-order valence-electron chi connectivity index (χ2n) is 18.0. The van der Waals surface area contributed by atoms with Crippen molar-refractivity contribution in [3.63, 3.8) is 0 Å². The topological polar surface area (TPSA) is 141 Å². The molecule has 0 unspecified atom stereocenters. The molecule has 74 heavy (non-hydrogen) atoms. The maximum atomic E-state index is 16.1. The number of carbonyl (C=O) groups is 3. The molecule has 0 atom stereocenters. The van der Waals surface area contributed by atoms with Crippen LogP contribution in [0, 0.1) is 22.9 Å². The highest BCUT2D eigenvalue weighted by atomic mass is 32.1. The van der Waals surface area contributed by atoms with E-state index in [0.717, 1.165) is 77.6 Å². The quantitative estimate of drug-likeness (QED) is 0.0122. The highest BCUT2D eigenvalue weighted by molar-refractivity contribution is 7.20. The van der Waals surface area contributed by atoms with E-state index in [0.29, 0.717) is 61.7 Å². The second kappa shape index (κ2) is 26.7. The Balaban J connectivity index is 0.967. The van der Waals surface area contributed by atoms with Gasteiger partial charge < -0.3 is 33.2 Å². The van der Waals surface area contributed by atoms with Crippen molar-refractivity contribution in [3.8, 4) is 28.4 Å². The molecule has 1 aliphatic heterocycles. The van der Waals surface area contributed by atoms with Crippen LogP contribution in [0.4, 0.5) is 13.2 Å². The fourth-order valence-electron chi connectivity index (χ4n) is 7.72. The van der Waals surface area contributed by atoms with Gasteiger partial charge in [-0.15, -0.1) is 11.3 Å². The minimum Gasteiger partial charge on any atom is -0.493 e. The highest BCUT2D eigenvalue weighted by Crippen LogP contribution is 2.33. The molecule has 16 heteroatoms. The van der Waals surface area contributed by atoms with Crippen molar-refractivity contribution in [3.05, 3.63) is 160 Å². The van der Waals surface area contributed by atoms with Crippen LogP contribution in [-0.4, -0.2) is 82.7 Å². The summed E-state index contributed by atoms with van der Waals surface area (Å²) in [6.07, 6.45) is 6.39. The number of ether oxygens (including phenoxy) is 7. The summed E-state index contributed by atoms with van der Waals surface area (Å²) in [7, 11) is 0. The van der Waals surface area contributed by atoms with Gasteiger partial charge in [0.2, 0.25) is 0 Å². The Hall–Kier alpha value is -7.14. The average molecular weight is 1030 g/mol. The van der Waals surface area contributed by atoms with Gasteiger partial charge in [-0.2, -0.15) is 10.2 Å². The fourth-order valence-corrected chi connectivity index (χ4v) is 8.73. The zero-order valence-corrected chi connectivity index (χ0v) is 42.5. The third kappa shape index (κ3) is 15.2. The van der Waals surface area contributed by atoms with E-state index in [-0.39, 0.29) is 47.7 Å². The number of esters is 3. The van der Waals surface area contributed by atoms with Gasteiger partial charge in [0.1, 0.15) is 17.3 Å². The first-order valence-corrected chi connectivity index (χ1v) is 25.3. The van der Waals surface area contributed by atoms with E-state index in [1.165, 1.54) is 36.5 Å². The summed E-state index contributed by atoms with van der Waals surface area (Å²) in [4.78, 5) is 38.8. The van der Waals surface area contributed by atoms with E-state index in [1.54, 1.807) is 30.4 Å². The van der Waals surface area contributed by atoms with Gasteiger partial charge in [-0.05, 0) is 123 Å². The zero-order chi connectivity index (χ0) is 52.5. The van der Waals surface area contributed by atoms with Crippen LogP contribution < -0.4 is 14.2 Å². The molecule has 0 radical (unpaired) electrons. The molecule has 1 fully saturated rings. The summed E-state index contributed by atoms with van der Waals surface area (Å²) in [6, 6.07) is 27.1. The first-order valence-electron chi connectivity index (χ1n) is 24.5. The summed E-state index contributed by atoms with van der Waals surface area (Å²) in [5.41, 5.74) is 2.26. The maximum absolute atomic E-state index is 16.1. The monoisotopic (exact) mass is 1030 g/mol. The van der Waals surface area contributed by atoms with Gasteiger partial charge >= 0.3 is 17.9 Å². The number of unbranched alkanes of at least 4 members (excludes halogenated alkanes) is 3. The third-order valence-corrected chi connectivity index (χ3v) is 13.5. The highest BCUT2D eigenvalue weighted by Gasteiger charge is 2.37. The summed E-state index contributed by atoms with van der Waals surface area (Å²) in [5.74, 6) is -5.06. The molecule has 1 aromatic heterocycles. The van der Waals surface area contributed by atoms with Gasteiger partial charge in [0.25, 0.3) is 0 Å². The molecule has 0 amide bonds. The van der Waals surface area contributed by atoms with Crippen LogP contribution in [0.15, 0.2) is 125 Å². The molecule has 1 saturated heterocycles. The summed E-state index contributed by atoms with van der Waals surface area (Å²) in [5, 5.41) is 9.76. The minimum atomic E-state index is -1.06. The van der Waals surface area contributed by atoms with Crippen LogP contribution >= 0.6 is 11.3 Å². The van der Waals surface area contributed by atoms with Crippen molar-refractivity contribution in [2.45, 2.75) is 65.7 Å². The number of nitrogens with zero attached hydrogens (tertiary/aromatic N) is 2. The molecule has 5 aromatic carbocycles. The normalized spacial score (nSPS) is 13.1. The second-order valence-corrected chi connectivity index (χ2v) is 19.1. The minimum absolute atomic E-state index is 0.0127. The average Bonchev–Trinajstić information content (AvgIpc) is 3.82. The van der Waals surface area contributed by atoms with Gasteiger partial charge in [0.05, 0.1) is 74.2 Å². The number of rotatable bonds is 27. The number of benzene rings is 5. The van der Waals surface area contributed by atoms with Crippen LogP contribution in [0.25, 0.3) is 21.2 Å². The number of hydrogen-bond acceptors (Lipinski definition) is 13. The molecular weight excluding hydrogens is 974 g/mol. The molecule has 0 saturated carbocycles. The Morgan fingerprint density at radius 2 is 1.42 bits per heavy atom. The Morgan fingerprint density at radius 1 is 0.716 bits per heavy atom. The molecule has 7 rings (SSSR count). The van der Waals surface area contributed by atoms with Crippen LogP contribution in [0.2, 0.25) is 0 Å². The number of thiophene rings is 1. The maximum Gasteiger partial charge on any atom is 0.343 e. The van der Waals surface area contributed by atoms with Crippen molar-refractivity contribution in [2.24, 2.45) is 15.6 Å². The first kappa shape index (κ1) is 54.6. The zero-order valence-electron chi connectivity index (χ0n) is 41.7. The molecule has 6 aromatic rings. The van der Waals surface area contributed by atoms with Crippen molar-refractivity contribution < 1.29 is 60.7 Å². The lowest BCUT2D eigenvalue weighted by Gasteiger charge is -2.40. The largest absolute Gasteiger partial charge is 0.493 e. The lowest BCUT2D eigenvalue weighted by molar-refractivity contribution is -0.150. The summed E-state index contributed by atoms with van der Waals surface area (Å²) in [6.45, 7) is 12.5. The standard InChI is InChI=1S/C58H59F3N2O10S/c1-5-58(36-68-37-58)35-67-24-10-6-7-11-25-70-54-50(60)31-43(32-51(54)61)57(66)73-46-20-22-47(44(29-46)34-62-63-39(4)53-33-41-13-8-9-14-52(41)74-53)48-21-17-42(30-49(48)59)56(65)72-28-23-40-15-18-45(19-16-40)69-26-12-27-71-55(64)38(2)3/h8-9,13-22,29-34H,2,5-7,10-12,23-28,35-37H2,1,3-4H3/b62-34+,63-39+. The Labute approximate surface area is 432 Å². The lowest BCUT2D eigenvalue weighted by atomic mass is 9.84. The Kier molecular flexibility index (Phi) is 19.7. The van der Waals surface area contributed by atoms with Crippen molar-refractivity contribution in [1.82, 2.24) is 0 Å². The third-order valence-electron chi connectivity index (χ3n) is 12.2. The first-order chi connectivity index (χ1) is 35.8. The van der Waals surface area contributed by atoms with Gasteiger partial charge in [0, 0.05) is 46.3 Å². The molecule has 0 bridgehead atoms. The molecule has 0 aliphatic carbocycles. The summed E-state index contributed by atoms with van der Waals surface area (Å²) < 4.78 is 86.0. The van der Waals surface area contributed by atoms with Gasteiger partial charge in [-0.3, -0.25) is 0 Å². The predicted octanol–water partition coefficient (Wildman–Crippen LogP) is 12.7. The van der Waals surface area contributed by atoms with E-state index in [9.17, 15) is 14.4 Å². The van der Waals surface area contributed by atoms with E-state index in [1.807, 2.05) is 49.4 Å². The van der Waals surface area contributed by atoms with Crippen molar-refractivity contribution in [2.75, 3.05) is 52.9 Å². The molecule has 12 nitrogen and oxygen atoms in total. The number of hydrogen-bond donors (Lipinski definition) is 0. The lowest BCUT2D eigenvalue weighted by Crippen LogP contribution is -2.45. The number of fused-ring (bicyclic) bond motifs is 1. The molecule has 1 aliphatic rings. The molecule has 2 heterocycles. The van der Waals surface area contributed by atoms with E-state index in [2.05, 4.69) is 23.7 Å².